The van der Waals surface area contributed by atoms with E-state index in [4.69, 9.17) is 0 Å². The minimum absolute atomic E-state index is 0.0578. The smallest absolute Gasteiger partial charge is 0.281 e. The third-order valence-corrected chi connectivity index (χ3v) is 5.94. The van der Waals surface area contributed by atoms with Crippen LogP contribution >= 0.6 is 11.3 Å². The molecule has 2 aromatic heterocycles. The molecule has 1 amide bonds. The van der Waals surface area contributed by atoms with Gasteiger partial charge in [-0.25, -0.2) is 0 Å². The molecule has 1 saturated carbocycles. The van der Waals surface area contributed by atoms with E-state index in [2.05, 4.69) is 42.2 Å². The van der Waals surface area contributed by atoms with Gasteiger partial charge in [-0.1, -0.05) is 20.8 Å². The number of thiazole rings is 1. The van der Waals surface area contributed by atoms with E-state index in [9.17, 15) is 4.79 Å². The molecule has 1 fully saturated rings. The van der Waals surface area contributed by atoms with Crippen LogP contribution in [0.4, 0.5) is 0 Å². The minimum Gasteiger partial charge on any atom is -0.320 e. The van der Waals surface area contributed by atoms with Gasteiger partial charge in [-0.05, 0) is 50.2 Å². The fourth-order valence-corrected chi connectivity index (χ4v) is 3.98. The molecule has 5 heteroatoms. The summed E-state index contributed by atoms with van der Waals surface area (Å²) in [6.45, 7) is 11.7. The summed E-state index contributed by atoms with van der Waals surface area (Å²) >= 11 is 1.64. The van der Waals surface area contributed by atoms with E-state index in [0.29, 0.717) is 5.56 Å². The van der Waals surface area contributed by atoms with Crippen molar-refractivity contribution in [3.05, 3.63) is 45.0 Å². The van der Waals surface area contributed by atoms with E-state index >= 15 is 0 Å². The summed E-state index contributed by atoms with van der Waals surface area (Å²) in [6, 6.07) is 3.64. The summed E-state index contributed by atoms with van der Waals surface area (Å²) in [6.07, 6.45) is 4.17. The Morgan fingerprint density at radius 2 is 2.04 bits per heavy atom. The van der Waals surface area contributed by atoms with Gasteiger partial charge in [0.2, 0.25) is 0 Å². The van der Waals surface area contributed by atoms with Crippen molar-refractivity contribution in [2.45, 2.75) is 59.4 Å². The quantitative estimate of drug-likeness (QED) is 0.845. The van der Waals surface area contributed by atoms with E-state index < -0.39 is 0 Å². The minimum atomic E-state index is -0.214. The number of carbonyl (C=O) groups excluding carboxylic acids is 1. The zero-order chi connectivity index (χ0) is 17.5. The zero-order valence-electron chi connectivity index (χ0n) is 15.1. The molecule has 0 aromatic carbocycles. The fraction of sp³-hybridized carbons (Fsp3) is 0.526. The molecule has 0 spiro atoms. The van der Waals surface area contributed by atoms with Gasteiger partial charge < -0.3 is 4.57 Å². The highest BCUT2D eigenvalue weighted by Gasteiger charge is 2.27. The van der Waals surface area contributed by atoms with Crippen LogP contribution < -0.4 is 4.80 Å². The van der Waals surface area contributed by atoms with Crippen LogP contribution in [-0.2, 0) is 12.0 Å². The molecule has 24 heavy (non-hydrogen) atoms. The summed E-state index contributed by atoms with van der Waals surface area (Å²) in [5, 5.41) is 0. The Morgan fingerprint density at radius 3 is 2.58 bits per heavy atom. The molecule has 4 nitrogen and oxygen atoms in total. The maximum atomic E-state index is 12.5. The number of nitrogens with zero attached hydrogens (tertiary/aromatic N) is 3. The zero-order valence-corrected chi connectivity index (χ0v) is 15.9. The molecule has 1 aliphatic rings. The third-order valence-electron chi connectivity index (χ3n) is 4.33. The lowest BCUT2D eigenvalue weighted by molar-refractivity contribution is 0.0997. The second-order valence-corrected chi connectivity index (χ2v) is 8.69. The van der Waals surface area contributed by atoms with Crippen molar-refractivity contribution >= 4 is 17.2 Å². The van der Waals surface area contributed by atoms with Crippen LogP contribution in [0.5, 0.6) is 0 Å². The number of amides is 1. The molecule has 0 N–H and O–H groups in total. The molecule has 0 unspecified atom stereocenters. The van der Waals surface area contributed by atoms with Crippen molar-refractivity contribution in [1.82, 2.24) is 9.55 Å². The Hall–Kier alpha value is -1.75. The number of hydrogen-bond donors (Lipinski definition) is 0. The predicted molar refractivity (Wildman–Crippen MR) is 97.3 cm³/mol. The average Bonchev–Trinajstić information content (AvgIpc) is 3.26. The Bertz CT molecular complexity index is 818. The summed E-state index contributed by atoms with van der Waals surface area (Å²) < 4.78 is 2.24. The molecule has 2 aromatic rings. The van der Waals surface area contributed by atoms with Gasteiger partial charge in [0.05, 0.1) is 5.56 Å². The summed E-state index contributed by atoms with van der Waals surface area (Å²) in [4.78, 5) is 23.3. The first-order valence-electron chi connectivity index (χ1n) is 8.48. The second-order valence-electron chi connectivity index (χ2n) is 7.71. The SMILES string of the molecule is Cc1ccc(C(=O)/N=c2\sc(C(C)(C)C)c(C)n2CC2CC2)cn1. The summed E-state index contributed by atoms with van der Waals surface area (Å²) in [5.74, 6) is 0.523. The van der Waals surface area contributed by atoms with E-state index in [0.717, 1.165) is 23.0 Å². The lowest BCUT2D eigenvalue weighted by atomic mass is 9.93. The molecular formula is C19H25N3OS. The van der Waals surface area contributed by atoms with Gasteiger partial charge in [0.25, 0.3) is 5.91 Å². The van der Waals surface area contributed by atoms with Crippen LogP contribution in [0.3, 0.4) is 0 Å². The number of aryl methyl sites for hydroxylation is 1. The van der Waals surface area contributed by atoms with Crippen molar-refractivity contribution in [2.24, 2.45) is 10.9 Å². The second kappa shape index (κ2) is 6.28. The first-order chi connectivity index (χ1) is 11.3. The van der Waals surface area contributed by atoms with E-state index in [1.54, 1.807) is 23.6 Å². The van der Waals surface area contributed by atoms with Gasteiger partial charge in [0, 0.05) is 29.0 Å². The lowest BCUT2D eigenvalue weighted by Crippen LogP contribution is -2.20. The first-order valence-corrected chi connectivity index (χ1v) is 9.30. The van der Waals surface area contributed by atoms with E-state index in [1.807, 2.05) is 13.0 Å². The standard InChI is InChI=1S/C19H25N3OS/c1-12-6-9-15(10-20-12)17(23)21-18-22(11-14-7-8-14)13(2)16(24-18)19(3,4)5/h6,9-10,14H,7-8,11H2,1-5H3/b21-18-. The number of hydrogen-bond acceptors (Lipinski definition) is 3. The normalized spacial score (nSPS) is 15.8. The van der Waals surface area contributed by atoms with Crippen LogP contribution in [0.1, 0.15) is 60.2 Å². The third kappa shape index (κ3) is 3.66. The van der Waals surface area contributed by atoms with Gasteiger partial charge in [-0.2, -0.15) is 4.99 Å². The molecule has 0 bridgehead atoms. The van der Waals surface area contributed by atoms with Gasteiger partial charge in [-0.15, -0.1) is 11.3 Å². The van der Waals surface area contributed by atoms with Gasteiger partial charge in [-0.3, -0.25) is 9.78 Å². The highest BCUT2D eigenvalue weighted by Crippen LogP contribution is 2.33. The van der Waals surface area contributed by atoms with Gasteiger partial charge >= 0.3 is 0 Å². The number of pyridine rings is 1. The molecular weight excluding hydrogens is 318 g/mol. The Balaban J connectivity index is 2.04. The average molecular weight is 343 g/mol. The first kappa shape index (κ1) is 17.1. The van der Waals surface area contributed by atoms with Gasteiger partial charge in [0.15, 0.2) is 4.80 Å². The van der Waals surface area contributed by atoms with Crippen LogP contribution in [0.25, 0.3) is 0 Å². The highest BCUT2D eigenvalue weighted by atomic mass is 32.1. The lowest BCUT2D eigenvalue weighted by Gasteiger charge is -2.17. The van der Waals surface area contributed by atoms with Crippen molar-refractivity contribution in [2.75, 3.05) is 0 Å². The van der Waals surface area contributed by atoms with Crippen LogP contribution in [-0.4, -0.2) is 15.5 Å². The number of rotatable bonds is 3. The Kier molecular flexibility index (Phi) is 4.47. The van der Waals surface area contributed by atoms with E-state index in [-0.39, 0.29) is 11.3 Å². The Morgan fingerprint density at radius 1 is 1.33 bits per heavy atom. The summed E-state index contributed by atoms with van der Waals surface area (Å²) in [7, 11) is 0. The van der Waals surface area contributed by atoms with Crippen molar-refractivity contribution < 1.29 is 4.79 Å². The highest BCUT2D eigenvalue weighted by molar-refractivity contribution is 7.09. The largest absolute Gasteiger partial charge is 0.320 e. The number of aromatic nitrogens is 2. The van der Waals surface area contributed by atoms with Crippen molar-refractivity contribution in [3.63, 3.8) is 0 Å². The molecule has 2 heterocycles. The molecule has 0 saturated heterocycles. The molecule has 3 rings (SSSR count). The Labute approximate surface area is 147 Å². The molecule has 0 aliphatic heterocycles. The van der Waals surface area contributed by atoms with Crippen LogP contribution in [0.15, 0.2) is 23.3 Å². The van der Waals surface area contributed by atoms with Crippen molar-refractivity contribution in [1.29, 1.82) is 0 Å². The molecule has 128 valence electrons. The van der Waals surface area contributed by atoms with Crippen LogP contribution in [0.2, 0.25) is 0 Å². The fourth-order valence-electron chi connectivity index (χ4n) is 2.78. The van der Waals surface area contributed by atoms with E-state index in [1.165, 1.54) is 23.4 Å². The monoisotopic (exact) mass is 343 g/mol. The van der Waals surface area contributed by atoms with Gasteiger partial charge in [0.1, 0.15) is 0 Å². The number of carbonyl (C=O) groups is 1. The molecule has 0 atom stereocenters. The maximum absolute atomic E-state index is 12.5. The maximum Gasteiger partial charge on any atom is 0.281 e. The summed E-state index contributed by atoms with van der Waals surface area (Å²) in [5.41, 5.74) is 2.75. The molecule has 1 aliphatic carbocycles. The topological polar surface area (TPSA) is 47.2 Å². The van der Waals surface area contributed by atoms with Crippen LogP contribution in [0, 0.1) is 19.8 Å². The predicted octanol–water partition coefficient (Wildman–Crippen LogP) is 4.01. The molecule has 0 radical (unpaired) electrons. The van der Waals surface area contributed by atoms with Crippen molar-refractivity contribution in [3.8, 4) is 0 Å².